The molecule has 0 aliphatic heterocycles. The van der Waals surface area contributed by atoms with Gasteiger partial charge in [0.05, 0.1) is 6.04 Å². The number of aromatic nitrogens is 3. The second-order valence-electron chi connectivity index (χ2n) is 3.68. The van der Waals surface area contributed by atoms with Gasteiger partial charge in [0.1, 0.15) is 11.5 Å². The van der Waals surface area contributed by atoms with Crippen LogP contribution in [0.3, 0.4) is 0 Å². The summed E-state index contributed by atoms with van der Waals surface area (Å²) in [4.78, 5) is 18.8. The zero-order valence-corrected chi connectivity index (χ0v) is 9.27. The first-order chi connectivity index (χ1) is 7.68. The molecule has 5 heteroatoms. The molecule has 1 unspecified atom stereocenters. The van der Waals surface area contributed by atoms with Crippen molar-refractivity contribution in [2.24, 2.45) is 7.05 Å². The maximum absolute atomic E-state index is 11.7. The molecule has 0 saturated heterocycles. The van der Waals surface area contributed by atoms with Gasteiger partial charge in [-0.2, -0.15) is 0 Å². The minimum Gasteiger partial charge on any atom is -0.357 e. The number of amides is 1. The lowest BCUT2D eigenvalue weighted by Crippen LogP contribution is -2.28. The molecule has 2 aromatic heterocycles. The molecule has 0 radical (unpaired) electrons. The van der Waals surface area contributed by atoms with E-state index in [-0.39, 0.29) is 11.9 Å². The van der Waals surface area contributed by atoms with Gasteiger partial charge in [0.25, 0.3) is 5.91 Å². The van der Waals surface area contributed by atoms with E-state index in [0.717, 1.165) is 5.82 Å². The number of hydrogen-bond acceptors (Lipinski definition) is 2. The van der Waals surface area contributed by atoms with Crippen LogP contribution < -0.4 is 5.32 Å². The van der Waals surface area contributed by atoms with Gasteiger partial charge in [-0.15, -0.1) is 0 Å². The predicted octanol–water partition coefficient (Wildman–Crippen LogP) is 1.24. The average Bonchev–Trinajstić information content (AvgIpc) is 2.86. The second kappa shape index (κ2) is 4.22. The minimum atomic E-state index is -0.125. The Hall–Kier alpha value is -2.04. The van der Waals surface area contributed by atoms with Crippen molar-refractivity contribution in [2.45, 2.75) is 13.0 Å². The van der Waals surface area contributed by atoms with Crippen molar-refractivity contribution in [2.75, 3.05) is 0 Å². The van der Waals surface area contributed by atoms with Gasteiger partial charge in [0.15, 0.2) is 0 Å². The Morgan fingerprint density at radius 2 is 2.44 bits per heavy atom. The molecule has 0 fully saturated rings. The summed E-state index contributed by atoms with van der Waals surface area (Å²) in [6.07, 6.45) is 5.29. The fourth-order valence-electron chi connectivity index (χ4n) is 1.60. The Morgan fingerprint density at radius 3 is 3.00 bits per heavy atom. The van der Waals surface area contributed by atoms with E-state index >= 15 is 0 Å². The number of H-pyrrole nitrogens is 1. The molecule has 5 nitrogen and oxygen atoms in total. The molecule has 1 atom stereocenters. The second-order valence-corrected chi connectivity index (χ2v) is 3.68. The molecule has 2 rings (SSSR count). The van der Waals surface area contributed by atoms with Crippen molar-refractivity contribution in [1.82, 2.24) is 19.9 Å². The fourth-order valence-corrected chi connectivity index (χ4v) is 1.60. The van der Waals surface area contributed by atoms with E-state index in [9.17, 15) is 4.79 Å². The molecule has 0 aliphatic rings. The Bertz CT molecular complexity index is 472. The lowest BCUT2D eigenvalue weighted by molar-refractivity contribution is 0.0933. The van der Waals surface area contributed by atoms with Crippen molar-refractivity contribution in [1.29, 1.82) is 0 Å². The Morgan fingerprint density at radius 1 is 1.62 bits per heavy atom. The third kappa shape index (κ3) is 1.98. The third-order valence-electron chi connectivity index (χ3n) is 2.44. The largest absolute Gasteiger partial charge is 0.357 e. The summed E-state index contributed by atoms with van der Waals surface area (Å²) in [6.45, 7) is 1.91. The Kier molecular flexibility index (Phi) is 2.76. The maximum Gasteiger partial charge on any atom is 0.268 e. The zero-order valence-electron chi connectivity index (χ0n) is 9.27. The number of rotatable bonds is 3. The molecule has 0 aromatic carbocycles. The molecular formula is C11H14N4O. The normalized spacial score (nSPS) is 12.4. The van der Waals surface area contributed by atoms with Gasteiger partial charge >= 0.3 is 0 Å². The van der Waals surface area contributed by atoms with Crippen LogP contribution in [-0.4, -0.2) is 20.4 Å². The first-order valence-electron chi connectivity index (χ1n) is 5.10. The number of carbonyl (C=O) groups is 1. The minimum absolute atomic E-state index is 0.115. The molecule has 2 N–H and O–H groups in total. The van der Waals surface area contributed by atoms with Crippen LogP contribution in [0.15, 0.2) is 30.7 Å². The predicted molar refractivity (Wildman–Crippen MR) is 59.9 cm³/mol. The van der Waals surface area contributed by atoms with Gasteiger partial charge in [0.2, 0.25) is 0 Å². The monoisotopic (exact) mass is 218 g/mol. The van der Waals surface area contributed by atoms with Crippen LogP contribution in [0.5, 0.6) is 0 Å². The number of nitrogens with zero attached hydrogens (tertiary/aromatic N) is 2. The van der Waals surface area contributed by atoms with E-state index in [1.165, 1.54) is 0 Å². The Balaban J connectivity index is 2.06. The van der Waals surface area contributed by atoms with Gasteiger partial charge in [-0.25, -0.2) is 4.98 Å². The first kappa shape index (κ1) is 10.5. The summed E-state index contributed by atoms with van der Waals surface area (Å²) in [5.41, 5.74) is 0.557. The van der Waals surface area contributed by atoms with Crippen molar-refractivity contribution in [3.63, 3.8) is 0 Å². The maximum atomic E-state index is 11.7. The SMILES string of the molecule is CC(NC(=O)c1ccc[nH]1)c1nccn1C. The number of aryl methyl sites for hydroxylation is 1. The van der Waals surface area contributed by atoms with Crippen LogP contribution in [0.2, 0.25) is 0 Å². The van der Waals surface area contributed by atoms with Crippen molar-refractivity contribution < 1.29 is 4.79 Å². The molecule has 2 heterocycles. The summed E-state index contributed by atoms with van der Waals surface area (Å²) in [5, 5.41) is 2.87. The number of nitrogens with one attached hydrogen (secondary N) is 2. The van der Waals surface area contributed by atoms with Crippen LogP contribution >= 0.6 is 0 Å². The van der Waals surface area contributed by atoms with Crippen LogP contribution in [0, 0.1) is 0 Å². The summed E-state index contributed by atoms with van der Waals surface area (Å²) >= 11 is 0. The summed E-state index contributed by atoms with van der Waals surface area (Å²) in [5.74, 6) is 0.709. The van der Waals surface area contributed by atoms with E-state index in [1.807, 2.05) is 24.7 Å². The molecule has 0 spiro atoms. The Labute approximate surface area is 93.5 Å². The first-order valence-corrected chi connectivity index (χ1v) is 5.10. The van der Waals surface area contributed by atoms with E-state index in [0.29, 0.717) is 5.69 Å². The number of hydrogen-bond donors (Lipinski definition) is 2. The number of imidazole rings is 1. The highest BCUT2D eigenvalue weighted by Gasteiger charge is 2.14. The van der Waals surface area contributed by atoms with Crippen molar-refractivity contribution >= 4 is 5.91 Å². The molecule has 1 amide bonds. The smallest absolute Gasteiger partial charge is 0.268 e. The van der Waals surface area contributed by atoms with Gasteiger partial charge in [-0.3, -0.25) is 4.79 Å². The molecule has 0 saturated carbocycles. The van der Waals surface area contributed by atoms with Gasteiger partial charge in [-0.1, -0.05) is 0 Å². The highest BCUT2D eigenvalue weighted by atomic mass is 16.1. The molecule has 0 bridgehead atoms. The molecule has 16 heavy (non-hydrogen) atoms. The summed E-state index contributed by atoms with van der Waals surface area (Å²) < 4.78 is 1.89. The van der Waals surface area contributed by atoms with E-state index in [2.05, 4.69) is 15.3 Å². The van der Waals surface area contributed by atoms with Crippen LogP contribution in [-0.2, 0) is 7.05 Å². The lowest BCUT2D eigenvalue weighted by Gasteiger charge is -2.12. The van der Waals surface area contributed by atoms with Crippen molar-refractivity contribution in [3.05, 3.63) is 42.2 Å². The average molecular weight is 218 g/mol. The summed E-state index contributed by atoms with van der Waals surface area (Å²) in [6, 6.07) is 3.41. The van der Waals surface area contributed by atoms with Crippen LogP contribution in [0.4, 0.5) is 0 Å². The van der Waals surface area contributed by atoms with E-state index < -0.39 is 0 Å². The number of aromatic amines is 1. The molecular weight excluding hydrogens is 204 g/mol. The van der Waals surface area contributed by atoms with E-state index in [4.69, 9.17) is 0 Å². The van der Waals surface area contributed by atoms with Crippen LogP contribution in [0.1, 0.15) is 29.3 Å². The zero-order chi connectivity index (χ0) is 11.5. The van der Waals surface area contributed by atoms with Crippen LogP contribution in [0.25, 0.3) is 0 Å². The van der Waals surface area contributed by atoms with Gasteiger partial charge in [-0.05, 0) is 19.1 Å². The highest BCUT2D eigenvalue weighted by molar-refractivity contribution is 5.92. The quantitative estimate of drug-likeness (QED) is 0.814. The fraction of sp³-hybridized carbons (Fsp3) is 0.273. The number of carbonyl (C=O) groups excluding carboxylic acids is 1. The molecule has 84 valence electrons. The molecule has 2 aromatic rings. The summed E-state index contributed by atoms with van der Waals surface area (Å²) in [7, 11) is 1.90. The molecule has 0 aliphatic carbocycles. The van der Waals surface area contributed by atoms with Crippen molar-refractivity contribution in [3.8, 4) is 0 Å². The highest BCUT2D eigenvalue weighted by Crippen LogP contribution is 2.09. The standard InChI is InChI=1S/C11H14N4O/c1-8(10-13-6-7-15(10)2)14-11(16)9-4-3-5-12-9/h3-8,12H,1-2H3,(H,14,16). The topological polar surface area (TPSA) is 62.7 Å². The lowest BCUT2D eigenvalue weighted by atomic mass is 10.3. The van der Waals surface area contributed by atoms with Gasteiger partial charge < -0.3 is 14.9 Å². The van der Waals surface area contributed by atoms with E-state index in [1.54, 1.807) is 24.5 Å². The third-order valence-corrected chi connectivity index (χ3v) is 2.44. The van der Waals surface area contributed by atoms with Gasteiger partial charge in [0, 0.05) is 25.6 Å².